The van der Waals surface area contributed by atoms with E-state index in [0.717, 1.165) is 18.4 Å². The standard InChI is InChI=1S/C32H34N4O4/c37-30(38)29-28-19-18-27(36(28)31(39)33(21-24-16-17-24)20-23-10-4-1-5-11-23)22-34(29)32(40)35(25-12-6-2-7-13-25)26-14-8-3-9-15-26/h1-15,24,27-29H,16-22H2,(H,37,38)/t27-,28+,29-/m0/s1. The van der Waals surface area contributed by atoms with Crippen LogP contribution >= 0.6 is 0 Å². The number of carboxylic acids is 1. The molecule has 1 saturated carbocycles. The number of urea groups is 2. The van der Waals surface area contributed by atoms with Crippen molar-refractivity contribution in [3.8, 4) is 0 Å². The third kappa shape index (κ3) is 5.13. The fraction of sp³-hybridized carbons (Fsp3) is 0.344. The minimum Gasteiger partial charge on any atom is -0.480 e. The van der Waals surface area contributed by atoms with Crippen molar-refractivity contribution in [2.45, 2.75) is 50.4 Å². The van der Waals surface area contributed by atoms with Gasteiger partial charge in [-0.15, -0.1) is 0 Å². The molecular formula is C32H34N4O4. The molecule has 3 aliphatic rings. The summed E-state index contributed by atoms with van der Waals surface area (Å²) in [7, 11) is 0. The summed E-state index contributed by atoms with van der Waals surface area (Å²) in [6.07, 6.45) is 3.44. The van der Waals surface area contributed by atoms with Crippen LogP contribution in [0.5, 0.6) is 0 Å². The Morgan fingerprint density at radius 3 is 1.88 bits per heavy atom. The summed E-state index contributed by atoms with van der Waals surface area (Å²) in [5.41, 5.74) is 2.37. The molecule has 2 heterocycles. The molecular weight excluding hydrogens is 504 g/mol. The van der Waals surface area contributed by atoms with E-state index in [1.54, 1.807) is 9.80 Å². The van der Waals surface area contributed by atoms with Gasteiger partial charge >= 0.3 is 18.0 Å². The average Bonchev–Trinajstić information content (AvgIpc) is 3.75. The van der Waals surface area contributed by atoms with Crippen molar-refractivity contribution < 1.29 is 19.5 Å². The molecule has 3 aromatic rings. The minimum absolute atomic E-state index is 0.121. The Labute approximate surface area is 234 Å². The predicted octanol–water partition coefficient (Wildman–Crippen LogP) is 5.58. The van der Waals surface area contributed by atoms with Crippen LogP contribution in [-0.2, 0) is 11.3 Å². The number of para-hydroxylation sites is 2. The Hall–Kier alpha value is -4.33. The zero-order valence-electron chi connectivity index (χ0n) is 22.4. The minimum atomic E-state index is -1.13. The number of carbonyl (C=O) groups excluding carboxylic acids is 2. The first-order valence-corrected chi connectivity index (χ1v) is 14.1. The summed E-state index contributed by atoms with van der Waals surface area (Å²) in [4.78, 5) is 47.8. The van der Waals surface area contributed by atoms with Gasteiger partial charge in [-0.2, -0.15) is 0 Å². The Morgan fingerprint density at radius 2 is 1.32 bits per heavy atom. The lowest BCUT2D eigenvalue weighted by Gasteiger charge is -2.47. The van der Waals surface area contributed by atoms with Crippen molar-refractivity contribution in [1.82, 2.24) is 14.7 Å². The van der Waals surface area contributed by atoms with Gasteiger partial charge in [0.15, 0.2) is 6.04 Å². The van der Waals surface area contributed by atoms with Gasteiger partial charge in [0.25, 0.3) is 0 Å². The van der Waals surface area contributed by atoms with E-state index in [1.165, 1.54) is 4.90 Å². The zero-order valence-corrected chi connectivity index (χ0v) is 22.4. The highest BCUT2D eigenvalue weighted by Crippen LogP contribution is 2.39. The Bertz CT molecular complexity index is 1310. The molecule has 2 bridgehead atoms. The molecule has 0 aromatic heterocycles. The summed E-state index contributed by atoms with van der Waals surface area (Å²) < 4.78 is 0. The van der Waals surface area contributed by atoms with Crippen LogP contribution in [0.1, 0.15) is 31.2 Å². The van der Waals surface area contributed by atoms with Gasteiger partial charge in [-0.1, -0.05) is 66.7 Å². The number of likely N-dealkylation sites (tertiary alicyclic amines) is 1. The smallest absolute Gasteiger partial charge is 0.329 e. The van der Waals surface area contributed by atoms with Gasteiger partial charge in [0.05, 0.1) is 23.5 Å². The Morgan fingerprint density at radius 1 is 0.750 bits per heavy atom. The number of amides is 4. The number of nitrogens with zero attached hydrogens (tertiary/aromatic N) is 4. The highest BCUT2D eigenvalue weighted by molar-refractivity contribution is 6.01. The maximum atomic E-state index is 14.2. The lowest BCUT2D eigenvalue weighted by atomic mass is 10.0. The molecule has 1 N–H and O–H groups in total. The molecule has 1 aliphatic carbocycles. The highest BCUT2D eigenvalue weighted by Gasteiger charge is 2.54. The molecule has 0 radical (unpaired) electrons. The number of aliphatic carboxylic acids is 1. The number of rotatable bonds is 7. The van der Waals surface area contributed by atoms with Crippen molar-refractivity contribution in [3.63, 3.8) is 0 Å². The van der Waals surface area contributed by atoms with Crippen molar-refractivity contribution in [2.24, 2.45) is 5.92 Å². The van der Waals surface area contributed by atoms with Crippen molar-refractivity contribution in [2.75, 3.05) is 18.0 Å². The predicted molar refractivity (Wildman–Crippen MR) is 152 cm³/mol. The molecule has 0 unspecified atom stereocenters. The summed E-state index contributed by atoms with van der Waals surface area (Å²) in [5, 5.41) is 10.5. The third-order valence-corrected chi connectivity index (χ3v) is 8.26. The molecule has 3 aromatic carbocycles. The quantitative estimate of drug-likeness (QED) is 0.426. The van der Waals surface area contributed by atoms with E-state index in [2.05, 4.69) is 0 Å². The van der Waals surface area contributed by atoms with Crippen LogP contribution in [0.15, 0.2) is 91.0 Å². The van der Waals surface area contributed by atoms with Gasteiger partial charge in [-0.25, -0.2) is 14.4 Å². The van der Waals surface area contributed by atoms with Gasteiger partial charge in [0, 0.05) is 19.6 Å². The maximum Gasteiger partial charge on any atom is 0.329 e. The number of benzene rings is 3. The second kappa shape index (κ2) is 11.0. The number of piperazine rings is 1. The second-order valence-electron chi connectivity index (χ2n) is 11.0. The van der Waals surface area contributed by atoms with Crippen LogP contribution in [0, 0.1) is 5.92 Å². The first kappa shape index (κ1) is 25.9. The SMILES string of the molecule is O=C(O)[C@@H]1[C@H]2CC[C@@H](CN1C(=O)N(c1ccccc1)c1ccccc1)N2C(=O)N(Cc1ccccc1)CC1CC1. The number of hydrogen-bond acceptors (Lipinski definition) is 3. The van der Waals surface area contributed by atoms with Crippen LogP contribution in [0.25, 0.3) is 0 Å². The van der Waals surface area contributed by atoms with Crippen molar-refractivity contribution >= 4 is 29.4 Å². The average molecular weight is 539 g/mol. The summed E-state index contributed by atoms with van der Waals surface area (Å²) >= 11 is 0. The molecule has 2 aliphatic heterocycles. The summed E-state index contributed by atoms with van der Waals surface area (Å²) in [6.45, 7) is 1.33. The number of hydrogen-bond donors (Lipinski definition) is 1. The van der Waals surface area contributed by atoms with Crippen molar-refractivity contribution in [3.05, 3.63) is 96.6 Å². The van der Waals surface area contributed by atoms with Gasteiger partial charge in [0.1, 0.15) is 0 Å². The van der Waals surface area contributed by atoms with E-state index in [9.17, 15) is 19.5 Å². The van der Waals surface area contributed by atoms with Crippen LogP contribution < -0.4 is 4.90 Å². The van der Waals surface area contributed by atoms with Gasteiger partial charge in [-0.3, -0.25) is 4.90 Å². The molecule has 0 spiro atoms. The summed E-state index contributed by atoms with van der Waals surface area (Å²) in [5.74, 6) is -0.594. The molecule has 4 amide bonds. The lowest BCUT2D eigenvalue weighted by Crippen LogP contribution is -2.67. The van der Waals surface area contributed by atoms with Gasteiger partial charge in [-0.05, 0) is 61.4 Å². The maximum absolute atomic E-state index is 14.2. The molecule has 8 nitrogen and oxygen atoms in total. The van der Waals surface area contributed by atoms with E-state index in [-0.39, 0.29) is 18.6 Å². The molecule has 40 heavy (non-hydrogen) atoms. The first-order valence-electron chi connectivity index (χ1n) is 14.1. The van der Waals surface area contributed by atoms with Crippen molar-refractivity contribution in [1.29, 1.82) is 0 Å². The van der Waals surface area contributed by atoms with E-state index in [0.29, 0.717) is 43.2 Å². The number of carbonyl (C=O) groups is 3. The van der Waals surface area contributed by atoms with Gasteiger partial charge in [0.2, 0.25) is 0 Å². The second-order valence-corrected chi connectivity index (χ2v) is 11.0. The fourth-order valence-corrected chi connectivity index (χ4v) is 6.18. The molecule has 3 atom stereocenters. The van der Waals surface area contributed by atoms with E-state index in [1.807, 2.05) is 95.9 Å². The van der Waals surface area contributed by atoms with E-state index >= 15 is 0 Å². The topological polar surface area (TPSA) is 84.4 Å². The van der Waals surface area contributed by atoms with Crippen LogP contribution in [0.4, 0.5) is 21.0 Å². The molecule has 8 heteroatoms. The lowest BCUT2D eigenvalue weighted by molar-refractivity contribution is -0.145. The monoisotopic (exact) mass is 538 g/mol. The molecule has 206 valence electrons. The number of fused-ring (bicyclic) bond motifs is 2. The van der Waals surface area contributed by atoms with E-state index in [4.69, 9.17) is 0 Å². The first-order chi connectivity index (χ1) is 19.5. The van der Waals surface area contributed by atoms with Crippen LogP contribution in [0.3, 0.4) is 0 Å². The zero-order chi connectivity index (χ0) is 27.6. The Balaban J connectivity index is 1.29. The molecule has 2 saturated heterocycles. The highest BCUT2D eigenvalue weighted by atomic mass is 16.4. The molecule has 3 fully saturated rings. The largest absolute Gasteiger partial charge is 0.480 e. The third-order valence-electron chi connectivity index (χ3n) is 8.26. The van der Waals surface area contributed by atoms with Crippen LogP contribution in [-0.4, -0.2) is 69.1 Å². The number of anilines is 2. The fourth-order valence-electron chi connectivity index (χ4n) is 6.18. The molecule has 6 rings (SSSR count). The Kier molecular flexibility index (Phi) is 7.15. The van der Waals surface area contributed by atoms with Crippen LogP contribution in [0.2, 0.25) is 0 Å². The van der Waals surface area contributed by atoms with Gasteiger partial charge < -0.3 is 19.8 Å². The normalized spacial score (nSPS) is 21.6. The number of carboxylic acid groups (broad SMARTS) is 1. The van der Waals surface area contributed by atoms with E-state index < -0.39 is 24.1 Å². The summed E-state index contributed by atoms with van der Waals surface area (Å²) in [6, 6.07) is 26.0.